The van der Waals surface area contributed by atoms with Crippen LogP contribution in [0.1, 0.15) is 48.6 Å². The lowest BCUT2D eigenvalue weighted by atomic mass is 9.68. The van der Waals surface area contributed by atoms with E-state index in [1.54, 1.807) is 0 Å². The highest BCUT2D eigenvalue weighted by Crippen LogP contribution is 2.65. The van der Waals surface area contributed by atoms with Gasteiger partial charge in [0.25, 0.3) is 0 Å². The molecule has 0 fully saturated rings. The first-order valence-corrected chi connectivity index (χ1v) is 17.7. The SMILES string of the molecule is CC(C)(C)c1ccc(N(c2ccccc2)c2ccc3c4c(ccc3c2)-c2ccc3ccccc3c2C42c3ccccc3-c3ccccc32)cc1. The van der Waals surface area contributed by atoms with Crippen LogP contribution in [0, 0.1) is 0 Å². The third kappa shape index (κ3) is 3.95. The average molecular weight is 640 g/mol. The molecule has 50 heavy (non-hydrogen) atoms. The molecule has 0 amide bonds. The molecular formula is C49H37N. The van der Waals surface area contributed by atoms with Crippen molar-refractivity contribution in [3.05, 3.63) is 198 Å². The van der Waals surface area contributed by atoms with Crippen molar-refractivity contribution in [1.82, 2.24) is 0 Å². The molecule has 0 unspecified atom stereocenters. The maximum atomic E-state index is 2.39. The minimum Gasteiger partial charge on any atom is -0.310 e. The monoisotopic (exact) mass is 639 g/mol. The van der Waals surface area contributed by atoms with Crippen molar-refractivity contribution in [2.75, 3.05) is 4.90 Å². The zero-order valence-electron chi connectivity index (χ0n) is 28.6. The van der Waals surface area contributed by atoms with E-state index in [0.29, 0.717) is 0 Å². The molecule has 1 spiro atoms. The quantitative estimate of drug-likeness (QED) is 0.186. The molecule has 0 aromatic heterocycles. The molecule has 0 atom stereocenters. The molecule has 0 N–H and O–H groups in total. The Balaban J connectivity index is 1.26. The Morgan fingerprint density at radius 2 is 0.920 bits per heavy atom. The van der Waals surface area contributed by atoms with Gasteiger partial charge in [0.05, 0.1) is 5.41 Å². The van der Waals surface area contributed by atoms with Gasteiger partial charge < -0.3 is 4.90 Å². The standard InChI is InChI=1S/C49H37N/c1-48(2,3)34-23-25-36(26-24-34)50(35-14-5-4-6-15-35)37-27-30-39-33(31-37)22-29-43-42-28-21-32-13-7-8-16-38(32)46(42)49(47(39)43)44-19-11-9-17-40(44)41-18-10-12-20-45(41)49/h4-31H,1-3H3. The molecule has 0 saturated carbocycles. The smallest absolute Gasteiger partial charge is 0.0737 e. The molecule has 0 radical (unpaired) electrons. The fraction of sp³-hybridized carbons (Fsp3) is 0.102. The molecule has 238 valence electrons. The van der Waals surface area contributed by atoms with Crippen LogP contribution in [-0.2, 0) is 10.8 Å². The Labute approximate surface area is 294 Å². The first-order valence-electron chi connectivity index (χ1n) is 17.7. The predicted octanol–water partition coefficient (Wildman–Crippen LogP) is 13.1. The van der Waals surface area contributed by atoms with Gasteiger partial charge in [-0.3, -0.25) is 0 Å². The van der Waals surface area contributed by atoms with E-state index in [0.717, 1.165) is 17.1 Å². The van der Waals surface area contributed by atoms with Gasteiger partial charge in [-0.05, 0) is 113 Å². The molecule has 2 aliphatic rings. The largest absolute Gasteiger partial charge is 0.310 e. The first kappa shape index (κ1) is 29.0. The fourth-order valence-corrected chi connectivity index (χ4v) is 9.02. The minimum absolute atomic E-state index is 0.0930. The highest BCUT2D eigenvalue weighted by atomic mass is 15.1. The lowest BCUT2D eigenvalue weighted by molar-refractivity contribution is 0.590. The van der Waals surface area contributed by atoms with Gasteiger partial charge in [-0.25, -0.2) is 0 Å². The van der Waals surface area contributed by atoms with Crippen molar-refractivity contribution in [2.45, 2.75) is 31.6 Å². The fourth-order valence-electron chi connectivity index (χ4n) is 9.02. The topological polar surface area (TPSA) is 3.24 Å². The maximum Gasteiger partial charge on any atom is 0.0737 e. The molecule has 0 heterocycles. The van der Waals surface area contributed by atoms with E-state index in [2.05, 4.69) is 196 Å². The van der Waals surface area contributed by atoms with Crippen LogP contribution in [0.15, 0.2) is 170 Å². The average Bonchev–Trinajstić information content (AvgIpc) is 3.63. The first-order chi connectivity index (χ1) is 24.4. The highest BCUT2D eigenvalue weighted by Gasteiger charge is 2.53. The molecule has 0 bridgehead atoms. The number of nitrogens with zero attached hydrogens (tertiary/aromatic N) is 1. The maximum absolute atomic E-state index is 2.39. The summed E-state index contributed by atoms with van der Waals surface area (Å²) in [4.78, 5) is 2.39. The molecule has 0 aliphatic heterocycles. The Kier molecular flexibility index (Phi) is 6.12. The van der Waals surface area contributed by atoms with Crippen molar-refractivity contribution in [3.63, 3.8) is 0 Å². The van der Waals surface area contributed by atoms with Gasteiger partial charge in [-0.2, -0.15) is 0 Å². The van der Waals surface area contributed by atoms with Crippen LogP contribution < -0.4 is 4.90 Å². The van der Waals surface area contributed by atoms with Crippen molar-refractivity contribution in [1.29, 1.82) is 0 Å². The third-order valence-corrected chi connectivity index (χ3v) is 11.2. The minimum atomic E-state index is -0.429. The summed E-state index contributed by atoms with van der Waals surface area (Å²) in [6.45, 7) is 6.81. The van der Waals surface area contributed by atoms with Crippen LogP contribution in [-0.4, -0.2) is 0 Å². The second-order valence-corrected chi connectivity index (χ2v) is 14.9. The van der Waals surface area contributed by atoms with Crippen LogP contribution in [0.4, 0.5) is 17.1 Å². The molecule has 10 rings (SSSR count). The number of hydrogen-bond acceptors (Lipinski definition) is 1. The number of hydrogen-bond donors (Lipinski definition) is 0. The Bertz CT molecular complexity index is 2580. The molecule has 1 nitrogen and oxygen atoms in total. The third-order valence-electron chi connectivity index (χ3n) is 11.2. The van der Waals surface area contributed by atoms with Crippen LogP contribution in [0.2, 0.25) is 0 Å². The lowest BCUT2D eigenvalue weighted by Crippen LogP contribution is -2.26. The zero-order valence-corrected chi connectivity index (χ0v) is 28.6. The Hall–Kier alpha value is -5.92. The van der Waals surface area contributed by atoms with E-state index in [1.165, 1.54) is 71.6 Å². The van der Waals surface area contributed by atoms with Crippen molar-refractivity contribution in [2.24, 2.45) is 0 Å². The van der Waals surface area contributed by atoms with Gasteiger partial charge in [0, 0.05) is 17.1 Å². The van der Waals surface area contributed by atoms with Crippen LogP contribution in [0.25, 0.3) is 43.8 Å². The highest BCUT2D eigenvalue weighted by molar-refractivity contribution is 6.09. The molecule has 8 aromatic rings. The Morgan fingerprint density at radius 1 is 0.400 bits per heavy atom. The van der Waals surface area contributed by atoms with Crippen LogP contribution in [0.5, 0.6) is 0 Å². The van der Waals surface area contributed by atoms with E-state index in [4.69, 9.17) is 0 Å². The lowest BCUT2D eigenvalue weighted by Gasteiger charge is -2.32. The number of para-hydroxylation sites is 1. The summed E-state index contributed by atoms with van der Waals surface area (Å²) in [5.41, 5.74) is 15.3. The van der Waals surface area contributed by atoms with Gasteiger partial charge >= 0.3 is 0 Å². The Morgan fingerprint density at radius 3 is 1.58 bits per heavy atom. The van der Waals surface area contributed by atoms with Gasteiger partial charge in [-0.15, -0.1) is 0 Å². The van der Waals surface area contributed by atoms with Gasteiger partial charge in [-0.1, -0.05) is 154 Å². The van der Waals surface area contributed by atoms with E-state index in [-0.39, 0.29) is 5.41 Å². The number of anilines is 3. The summed E-state index contributed by atoms with van der Waals surface area (Å²) in [7, 11) is 0. The molecule has 2 aliphatic carbocycles. The summed E-state index contributed by atoms with van der Waals surface area (Å²) in [6.07, 6.45) is 0. The van der Waals surface area contributed by atoms with Crippen LogP contribution in [0.3, 0.4) is 0 Å². The van der Waals surface area contributed by atoms with Gasteiger partial charge in [0.2, 0.25) is 0 Å². The number of rotatable bonds is 3. The molecular weight excluding hydrogens is 603 g/mol. The normalized spacial score (nSPS) is 13.7. The van der Waals surface area contributed by atoms with E-state index < -0.39 is 5.41 Å². The van der Waals surface area contributed by atoms with E-state index in [1.807, 2.05) is 0 Å². The second-order valence-electron chi connectivity index (χ2n) is 14.9. The molecule has 0 saturated heterocycles. The van der Waals surface area contributed by atoms with Gasteiger partial charge in [0.1, 0.15) is 0 Å². The number of fused-ring (bicyclic) bond motifs is 14. The van der Waals surface area contributed by atoms with Crippen LogP contribution >= 0.6 is 0 Å². The van der Waals surface area contributed by atoms with Crippen molar-refractivity contribution < 1.29 is 0 Å². The summed E-state index contributed by atoms with van der Waals surface area (Å²) in [5.74, 6) is 0. The van der Waals surface area contributed by atoms with Gasteiger partial charge in [0.15, 0.2) is 0 Å². The summed E-state index contributed by atoms with van der Waals surface area (Å²) >= 11 is 0. The zero-order chi connectivity index (χ0) is 33.6. The van der Waals surface area contributed by atoms with Crippen molar-refractivity contribution in [3.8, 4) is 22.3 Å². The summed E-state index contributed by atoms with van der Waals surface area (Å²) in [5, 5.41) is 5.15. The summed E-state index contributed by atoms with van der Waals surface area (Å²) in [6, 6.07) is 63.5. The van der Waals surface area contributed by atoms with E-state index in [9.17, 15) is 0 Å². The molecule has 8 aromatic carbocycles. The number of benzene rings is 8. The molecule has 1 heteroatoms. The van der Waals surface area contributed by atoms with Crippen molar-refractivity contribution >= 4 is 38.6 Å². The predicted molar refractivity (Wildman–Crippen MR) is 211 cm³/mol. The summed E-state index contributed by atoms with van der Waals surface area (Å²) < 4.78 is 0. The van der Waals surface area contributed by atoms with E-state index >= 15 is 0 Å². The second kappa shape index (κ2) is 10.5.